The Kier molecular flexibility index (Phi) is 5.54. The van der Waals surface area contributed by atoms with Gasteiger partial charge in [-0.2, -0.15) is 4.68 Å². The first-order valence-corrected chi connectivity index (χ1v) is 10.3. The van der Waals surface area contributed by atoms with Crippen molar-refractivity contribution in [2.45, 2.75) is 10.9 Å². The molecule has 7 nitrogen and oxygen atoms in total. The number of ether oxygens (including phenoxy) is 2. The molecule has 0 spiro atoms. The van der Waals surface area contributed by atoms with E-state index in [0.29, 0.717) is 10.9 Å². The summed E-state index contributed by atoms with van der Waals surface area (Å²) in [6.07, 6.45) is 0. The molecule has 0 atom stereocenters. The standard InChI is InChI=1S/C19H17N5O2S2/c1-25-15-9-7-14(8-10-15)24-19(21-22-23-24)28-12-13-11-27-18(20-13)16-5-3-4-6-17(16)26-2/h3-11H,12H2,1-2H3. The zero-order chi connectivity index (χ0) is 19.3. The molecule has 0 amide bonds. The third kappa shape index (κ3) is 3.85. The van der Waals surface area contributed by atoms with Gasteiger partial charge in [-0.1, -0.05) is 23.9 Å². The van der Waals surface area contributed by atoms with Gasteiger partial charge in [0.25, 0.3) is 0 Å². The summed E-state index contributed by atoms with van der Waals surface area (Å²) in [6, 6.07) is 15.5. The number of nitrogens with zero attached hydrogens (tertiary/aromatic N) is 5. The molecule has 4 aromatic rings. The smallest absolute Gasteiger partial charge is 0.214 e. The van der Waals surface area contributed by atoms with Crippen molar-refractivity contribution in [1.29, 1.82) is 0 Å². The summed E-state index contributed by atoms with van der Waals surface area (Å²) in [5, 5.41) is 15.7. The number of aromatic nitrogens is 5. The largest absolute Gasteiger partial charge is 0.497 e. The Labute approximate surface area is 170 Å². The molecule has 0 saturated heterocycles. The van der Waals surface area contributed by atoms with Gasteiger partial charge in [-0.3, -0.25) is 0 Å². The fraction of sp³-hybridized carbons (Fsp3) is 0.158. The lowest BCUT2D eigenvalue weighted by atomic mass is 10.2. The van der Waals surface area contributed by atoms with Crippen LogP contribution in [0.1, 0.15) is 5.69 Å². The zero-order valence-corrected chi connectivity index (χ0v) is 16.9. The van der Waals surface area contributed by atoms with Gasteiger partial charge >= 0.3 is 0 Å². The van der Waals surface area contributed by atoms with Crippen LogP contribution in [0.4, 0.5) is 0 Å². The number of thioether (sulfide) groups is 1. The average molecular weight is 412 g/mol. The Balaban J connectivity index is 1.49. The molecule has 0 fully saturated rings. The maximum atomic E-state index is 5.43. The minimum absolute atomic E-state index is 0.669. The van der Waals surface area contributed by atoms with Gasteiger partial charge in [0.05, 0.1) is 31.2 Å². The Morgan fingerprint density at radius 2 is 1.86 bits per heavy atom. The van der Waals surface area contributed by atoms with E-state index in [1.165, 1.54) is 11.8 Å². The van der Waals surface area contributed by atoms with Crippen molar-refractivity contribution in [2.75, 3.05) is 14.2 Å². The first-order valence-electron chi connectivity index (χ1n) is 8.42. The molecular weight excluding hydrogens is 394 g/mol. The summed E-state index contributed by atoms with van der Waals surface area (Å²) in [4.78, 5) is 4.74. The van der Waals surface area contributed by atoms with Gasteiger partial charge in [-0.15, -0.1) is 16.4 Å². The molecule has 4 rings (SSSR count). The molecule has 0 saturated carbocycles. The zero-order valence-electron chi connectivity index (χ0n) is 15.3. The van der Waals surface area contributed by atoms with Gasteiger partial charge in [-0.05, 0) is 46.8 Å². The predicted molar refractivity (Wildman–Crippen MR) is 109 cm³/mol. The molecule has 0 unspecified atom stereocenters. The highest BCUT2D eigenvalue weighted by Crippen LogP contribution is 2.33. The molecular formula is C19H17N5O2S2. The molecule has 0 aliphatic rings. The van der Waals surface area contributed by atoms with Crippen LogP contribution in [0.15, 0.2) is 59.1 Å². The van der Waals surface area contributed by atoms with Crippen LogP contribution < -0.4 is 9.47 Å². The van der Waals surface area contributed by atoms with Gasteiger partial charge in [-0.25, -0.2) is 4.98 Å². The third-order valence-electron chi connectivity index (χ3n) is 4.00. The van der Waals surface area contributed by atoms with E-state index in [-0.39, 0.29) is 0 Å². The van der Waals surface area contributed by atoms with E-state index in [1.807, 2.05) is 48.5 Å². The topological polar surface area (TPSA) is 75.0 Å². The van der Waals surface area contributed by atoms with Crippen LogP contribution in [0.25, 0.3) is 16.3 Å². The second-order valence-electron chi connectivity index (χ2n) is 5.70. The maximum Gasteiger partial charge on any atom is 0.214 e. The van der Waals surface area contributed by atoms with E-state index >= 15 is 0 Å². The number of methoxy groups -OCH3 is 2. The number of hydrogen-bond acceptors (Lipinski definition) is 8. The first-order chi connectivity index (χ1) is 13.8. The lowest BCUT2D eigenvalue weighted by molar-refractivity contribution is 0.414. The molecule has 2 aromatic heterocycles. The first kappa shape index (κ1) is 18.5. The second kappa shape index (κ2) is 8.41. The SMILES string of the molecule is COc1ccc(-n2nnnc2SCc2csc(-c3ccccc3OC)n2)cc1. The van der Waals surface area contributed by atoms with Crippen molar-refractivity contribution in [3.63, 3.8) is 0 Å². The van der Waals surface area contributed by atoms with Crippen molar-refractivity contribution >= 4 is 23.1 Å². The monoisotopic (exact) mass is 411 g/mol. The van der Waals surface area contributed by atoms with Crippen molar-refractivity contribution in [3.8, 4) is 27.8 Å². The van der Waals surface area contributed by atoms with Gasteiger partial charge < -0.3 is 9.47 Å². The number of rotatable bonds is 7. The van der Waals surface area contributed by atoms with Gasteiger partial charge in [0.15, 0.2) is 0 Å². The lowest BCUT2D eigenvalue weighted by Crippen LogP contribution is -1.99. The minimum Gasteiger partial charge on any atom is -0.497 e. The highest BCUT2D eigenvalue weighted by molar-refractivity contribution is 7.98. The summed E-state index contributed by atoms with van der Waals surface area (Å²) in [6.45, 7) is 0. The van der Waals surface area contributed by atoms with E-state index in [9.17, 15) is 0 Å². The molecule has 0 radical (unpaired) electrons. The second-order valence-corrected chi connectivity index (χ2v) is 7.50. The number of para-hydroxylation sites is 1. The maximum absolute atomic E-state index is 5.43. The van der Waals surface area contributed by atoms with Gasteiger partial charge in [0.2, 0.25) is 5.16 Å². The normalized spacial score (nSPS) is 10.8. The molecule has 0 bridgehead atoms. The number of hydrogen-bond donors (Lipinski definition) is 0. The summed E-state index contributed by atoms with van der Waals surface area (Å²) in [5.41, 5.74) is 2.84. The van der Waals surface area contributed by atoms with E-state index in [1.54, 1.807) is 30.2 Å². The van der Waals surface area contributed by atoms with Gasteiger partial charge in [0, 0.05) is 11.1 Å². The molecule has 0 aliphatic heterocycles. The Bertz CT molecular complexity index is 1060. The Morgan fingerprint density at radius 3 is 2.64 bits per heavy atom. The summed E-state index contributed by atoms with van der Waals surface area (Å²) in [7, 11) is 3.31. The van der Waals surface area contributed by atoms with Crippen molar-refractivity contribution < 1.29 is 9.47 Å². The van der Waals surface area contributed by atoms with E-state index in [0.717, 1.165) is 33.5 Å². The van der Waals surface area contributed by atoms with Crippen LogP contribution in [0.2, 0.25) is 0 Å². The van der Waals surface area contributed by atoms with E-state index in [4.69, 9.17) is 14.5 Å². The molecule has 142 valence electrons. The average Bonchev–Trinajstić information content (AvgIpc) is 3.41. The Hall–Kier alpha value is -2.91. The van der Waals surface area contributed by atoms with Crippen molar-refractivity contribution in [2.24, 2.45) is 0 Å². The number of tetrazole rings is 1. The number of benzene rings is 2. The highest BCUT2D eigenvalue weighted by atomic mass is 32.2. The molecule has 9 heteroatoms. The lowest BCUT2D eigenvalue weighted by Gasteiger charge is -2.05. The molecule has 0 N–H and O–H groups in total. The van der Waals surface area contributed by atoms with E-state index in [2.05, 4.69) is 20.9 Å². The Morgan fingerprint density at radius 1 is 1.04 bits per heavy atom. The van der Waals surface area contributed by atoms with Crippen LogP contribution in [0.3, 0.4) is 0 Å². The van der Waals surface area contributed by atoms with Crippen LogP contribution in [-0.4, -0.2) is 39.4 Å². The van der Waals surface area contributed by atoms with Crippen LogP contribution in [0, 0.1) is 0 Å². The van der Waals surface area contributed by atoms with Gasteiger partial charge in [0.1, 0.15) is 16.5 Å². The summed E-state index contributed by atoms with van der Waals surface area (Å²) >= 11 is 3.14. The van der Waals surface area contributed by atoms with E-state index < -0.39 is 0 Å². The highest BCUT2D eigenvalue weighted by Gasteiger charge is 2.13. The van der Waals surface area contributed by atoms with Crippen LogP contribution in [0.5, 0.6) is 11.5 Å². The molecule has 28 heavy (non-hydrogen) atoms. The molecule has 2 heterocycles. The van der Waals surface area contributed by atoms with Crippen molar-refractivity contribution in [3.05, 3.63) is 59.6 Å². The fourth-order valence-electron chi connectivity index (χ4n) is 2.61. The van der Waals surface area contributed by atoms with Crippen LogP contribution >= 0.6 is 23.1 Å². The van der Waals surface area contributed by atoms with Crippen LogP contribution in [-0.2, 0) is 5.75 Å². The summed E-state index contributed by atoms with van der Waals surface area (Å²) in [5.74, 6) is 2.28. The minimum atomic E-state index is 0.669. The number of thiazole rings is 1. The molecule has 0 aliphatic carbocycles. The quantitative estimate of drug-likeness (QED) is 0.424. The third-order valence-corrected chi connectivity index (χ3v) is 5.87. The fourth-order valence-corrected chi connectivity index (χ4v) is 4.35. The summed E-state index contributed by atoms with van der Waals surface area (Å²) < 4.78 is 12.3. The van der Waals surface area contributed by atoms with Crippen molar-refractivity contribution in [1.82, 2.24) is 25.2 Å². The predicted octanol–water partition coefficient (Wildman–Crippen LogP) is 4.10. The molecule has 2 aromatic carbocycles.